The summed E-state index contributed by atoms with van der Waals surface area (Å²) in [6.45, 7) is 3.78. The number of rotatable bonds is 7. The molecule has 0 aliphatic carbocycles. The quantitative estimate of drug-likeness (QED) is 0.796. The van der Waals surface area contributed by atoms with Crippen LogP contribution in [0.5, 0.6) is 11.5 Å². The maximum absolute atomic E-state index is 12.4. The second-order valence-electron chi connectivity index (χ2n) is 6.13. The molecule has 0 bridgehead atoms. The average Bonchev–Trinajstić information content (AvgIpc) is 2.58. The number of nitrogens with one attached hydrogen (secondary N) is 1. The van der Waals surface area contributed by atoms with Gasteiger partial charge in [0.05, 0.1) is 20.6 Å². The first-order valence-electron chi connectivity index (χ1n) is 8.15. The third kappa shape index (κ3) is 4.75. The van der Waals surface area contributed by atoms with Crippen LogP contribution in [0.15, 0.2) is 36.4 Å². The SMILES string of the molecule is COc1ccc(CC(=O)NC(C(=O)O)c2cc(C)cc(C)c2)cc1OC. The lowest BCUT2D eigenvalue weighted by atomic mass is 10.0. The molecule has 1 unspecified atom stereocenters. The summed E-state index contributed by atoms with van der Waals surface area (Å²) in [5, 5.41) is 12.1. The smallest absolute Gasteiger partial charge is 0.330 e. The van der Waals surface area contributed by atoms with Crippen molar-refractivity contribution in [2.24, 2.45) is 0 Å². The van der Waals surface area contributed by atoms with Crippen LogP contribution in [0.4, 0.5) is 0 Å². The van der Waals surface area contributed by atoms with Gasteiger partial charge in [0.2, 0.25) is 5.91 Å². The molecule has 6 nitrogen and oxygen atoms in total. The van der Waals surface area contributed by atoms with E-state index in [4.69, 9.17) is 9.47 Å². The van der Waals surface area contributed by atoms with E-state index in [2.05, 4.69) is 5.32 Å². The standard InChI is InChI=1S/C20H23NO5/c1-12-7-13(2)9-15(8-12)19(20(23)24)21-18(22)11-14-5-6-16(25-3)17(10-14)26-4/h5-10,19H,11H2,1-4H3,(H,21,22)(H,23,24). The van der Waals surface area contributed by atoms with Crippen LogP contribution in [0.3, 0.4) is 0 Å². The topological polar surface area (TPSA) is 84.9 Å². The molecular formula is C20H23NO5. The lowest BCUT2D eigenvalue weighted by Crippen LogP contribution is -2.34. The monoisotopic (exact) mass is 357 g/mol. The molecule has 0 fully saturated rings. The Balaban J connectivity index is 2.17. The second kappa shape index (κ2) is 8.38. The minimum Gasteiger partial charge on any atom is -0.493 e. The summed E-state index contributed by atoms with van der Waals surface area (Å²) < 4.78 is 10.4. The van der Waals surface area contributed by atoms with Crippen molar-refractivity contribution in [3.05, 3.63) is 58.7 Å². The summed E-state index contributed by atoms with van der Waals surface area (Å²) in [6, 6.07) is 9.54. The minimum absolute atomic E-state index is 0.0366. The van der Waals surface area contributed by atoms with Crippen molar-refractivity contribution < 1.29 is 24.2 Å². The number of methoxy groups -OCH3 is 2. The molecule has 2 aromatic carbocycles. The first-order chi connectivity index (χ1) is 12.3. The molecule has 0 radical (unpaired) electrons. The number of hydrogen-bond acceptors (Lipinski definition) is 4. The fourth-order valence-corrected chi connectivity index (χ4v) is 2.85. The summed E-state index contributed by atoms with van der Waals surface area (Å²) in [4.78, 5) is 24.0. The van der Waals surface area contributed by atoms with Crippen LogP contribution in [-0.2, 0) is 16.0 Å². The highest BCUT2D eigenvalue weighted by Crippen LogP contribution is 2.27. The Labute approximate surface area is 152 Å². The molecule has 0 spiro atoms. The van der Waals surface area contributed by atoms with Gasteiger partial charge >= 0.3 is 5.97 Å². The average molecular weight is 357 g/mol. The minimum atomic E-state index is -1.10. The van der Waals surface area contributed by atoms with E-state index in [1.165, 1.54) is 14.2 Å². The largest absolute Gasteiger partial charge is 0.493 e. The van der Waals surface area contributed by atoms with Gasteiger partial charge in [0.25, 0.3) is 0 Å². The van der Waals surface area contributed by atoms with Gasteiger partial charge < -0.3 is 19.9 Å². The van der Waals surface area contributed by atoms with Crippen molar-refractivity contribution in [1.29, 1.82) is 0 Å². The van der Waals surface area contributed by atoms with Crippen molar-refractivity contribution in [2.75, 3.05) is 14.2 Å². The lowest BCUT2D eigenvalue weighted by Gasteiger charge is -2.17. The summed E-state index contributed by atoms with van der Waals surface area (Å²) in [5.74, 6) is -0.406. The fraction of sp³-hybridized carbons (Fsp3) is 0.300. The van der Waals surface area contributed by atoms with Gasteiger partial charge in [-0.1, -0.05) is 35.4 Å². The van der Waals surface area contributed by atoms with E-state index < -0.39 is 12.0 Å². The second-order valence-corrected chi connectivity index (χ2v) is 6.13. The molecule has 6 heteroatoms. The van der Waals surface area contributed by atoms with Crippen molar-refractivity contribution in [3.63, 3.8) is 0 Å². The predicted octanol–water partition coefficient (Wildman–Crippen LogP) is 2.81. The van der Waals surface area contributed by atoms with Gasteiger partial charge in [0, 0.05) is 0 Å². The normalized spacial score (nSPS) is 11.5. The van der Waals surface area contributed by atoms with Crippen LogP contribution in [0, 0.1) is 13.8 Å². The van der Waals surface area contributed by atoms with Gasteiger partial charge in [-0.2, -0.15) is 0 Å². The number of aliphatic carboxylic acids is 1. The van der Waals surface area contributed by atoms with Crippen molar-refractivity contribution in [2.45, 2.75) is 26.3 Å². The number of benzene rings is 2. The van der Waals surface area contributed by atoms with Crippen LogP contribution < -0.4 is 14.8 Å². The molecule has 0 aliphatic heterocycles. The Morgan fingerprint density at radius 3 is 2.15 bits per heavy atom. The molecule has 1 amide bonds. The number of ether oxygens (including phenoxy) is 2. The van der Waals surface area contributed by atoms with Crippen LogP contribution in [0.2, 0.25) is 0 Å². The van der Waals surface area contributed by atoms with Crippen LogP contribution in [0.1, 0.15) is 28.3 Å². The lowest BCUT2D eigenvalue weighted by molar-refractivity contribution is -0.141. The van der Waals surface area contributed by atoms with Gasteiger partial charge in [-0.3, -0.25) is 4.79 Å². The third-order valence-corrected chi connectivity index (χ3v) is 3.94. The zero-order valence-electron chi connectivity index (χ0n) is 15.3. The highest BCUT2D eigenvalue weighted by atomic mass is 16.5. The molecule has 138 valence electrons. The Hall–Kier alpha value is -3.02. The Morgan fingerprint density at radius 2 is 1.62 bits per heavy atom. The zero-order chi connectivity index (χ0) is 19.3. The number of carboxylic acids is 1. The van der Waals surface area contributed by atoms with Gasteiger partial charge in [-0.05, 0) is 37.1 Å². The maximum Gasteiger partial charge on any atom is 0.330 e. The van der Waals surface area contributed by atoms with Crippen LogP contribution in [0.25, 0.3) is 0 Å². The van der Waals surface area contributed by atoms with Gasteiger partial charge in [0.15, 0.2) is 17.5 Å². The van der Waals surface area contributed by atoms with Crippen LogP contribution >= 0.6 is 0 Å². The summed E-state index contributed by atoms with van der Waals surface area (Å²) in [7, 11) is 3.05. The predicted molar refractivity (Wildman–Crippen MR) is 97.7 cm³/mol. The van der Waals surface area contributed by atoms with E-state index in [0.717, 1.165) is 11.1 Å². The number of hydrogen-bond donors (Lipinski definition) is 2. The molecule has 0 aliphatic rings. The zero-order valence-corrected chi connectivity index (χ0v) is 15.3. The van der Waals surface area contributed by atoms with Crippen molar-refractivity contribution in [1.82, 2.24) is 5.32 Å². The summed E-state index contributed by atoms with van der Waals surface area (Å²) in [5.41, 5.74) is 3.14. The van der Waals surface area contributed by atoms with Crippen molar-refractivity contribution >= 4 is 11.9 Å². The third-order valence-electron chi connectivity index (χ3n) is 3.94. The molecule has 1 atom stereocenters. The van der Waals surface area contributed by atoms with Gasteiger partial charge in [0.1, 0.15) is 0 Å². The number of amides is 1. The Kier molecular flexibility index (Phi) is 6.22. The highest BCUT2D eigenvalue weighted by Gasteiger charge is 2.22. The van der Waals surface area contributed by atoms with E-state index in [1.54, 1.807) is 30.3 Å². The Morgan fingerprint density at radius 1 is 1.00 bits per heavy atom. The Bertz CT molecular complexity index is 796. The summed E-state index contributed by atoms with van der Waals surface area (Å²) in [6.07, 6.45) is 0.0366. The first-order valence-corrected chi connectivity index (χ1v) is 8.15. The molecule has 2 rings (SSSR count). The molecular weight excluding hydrogens is 334 g/mol. The highest BCUT2D eigenvalue weighted by molar-refractivity contribution is 5.86. The van der Waals surface area contributed by atoms with E-state index in [-0.39, 0.29) is 12.3 Å². The van der Waals surface area contributed by atoms with E-state index in [9.17, 15) is 14.7 Å². The van der Waals surface area contributed by atoms with E-state index >= 15 is 0 Å². The number of carboxylic acid groups (broad SMARTS) is 1. The van der Waals surface area contributed by atoms with E-state index in [1.807, 2.05) is 19.9 Å². The molecule has 0 heterocycles. The van der Waals surface area contributed by atoms with Gasteiger partial charge in [-0.15, -0.1) is 0 Å². The van der Waals surface area contributed by atoms with Gasteiger partial charge in [-0.25, -0.2) is 4.79 Å². The molecule has 0 aromatic heterocycles. The van der Waals surface area contributed by atoms with Crippen molar-refractivity contribution in [3.8, 4) is 11.5 Å². The molecule has 0 saturated heterocycles. The molecule has 0 saturated carbocycles. The number of aryl methyl sites for hydroxylation is 2. The number of carbonyl (C=O) groups excluding carboxylic acids is 1. The maximum atomic E-state index is 12.4. The summed E-state index contributed by atoms with van der Waals surface area (Å²) >= 11 is 0. The van der Waals surface area contributed by atoms with E-state index in [0.29, 0.717) is 22.6 Å². The molecule has 2 aromatic rings. The molecule has 2 N–H and O–H groups in total. The fourth-order valence-electron chi connectivity index (χ4n) is 2.85. The van der Waals surface area contributed by atoms with Crippen LogP contribution in [-0.4, -0.2) is 31.2 Å². The molecule has 26 heavy (non-hydrogen) atoms. The first kappa shape index (κ1) is 19.3. The number of carbonyl (C=O) groups is 2.